The number of carbonyl (C=O) groups excluding carboxylic acids is 2. The van der Waals surface area contributed by atoms with Crippen molar-refractivity contribution in [3.63, 3.8) is 0 Å². The quantitative estimate of drug-likeness (QED) is 0.356. The summed E-state index contributed by atoms with van der Waals surface area (Å²) in [6, 6.07) is 10.0. The second kappa shape index (κ2) is 9.79. The smallest absolute Gasteiger partial charge is 0.451 e. The van der Waals surface area contributed by atoms with E-state index in [1.165, 1.54) is 22.5 Å². The normalized spacial score (nSPS) is 21.7. The van der Waals surface area contributed by atoms with Gasteiger partial charge < -0.3 is 24.5 Å². The number of amides is 1. The van der Waals surface area contributed by atoms with E-state index in [1.807, 2.05) is 24.3 Å². The zero-order valence-electron chi connectivity index (χ0n) is 21.9. The van der Waals surface area contributed by atoms with Crippen LogP contribution in [0, 0.1) is 23.5 Å². The number of aromatic nitrogens is 1. The fourth-order valence-electron chi connectivity index (χ4n) is 6.13. The third-order valence-corrected chi connectivity index (χ3v) is 9.43. The van der Waals surface area contributed by atoms with Crippen molar-refractivity contribution in [2.45, 2.75) is 36.1 Å². The van der Waals surface area contributed by atoms with Gasteiger partial charge in [0.2, 0.25) is 18.0 Å². The van der Waals surface area contributed by atoms with Gasteiger partial charge in [-0.25, -0.2) is 18.3 Å². The van der Waals surface area contributed by atoms with Gasteiger partial charge in [0.05, 0.1) is 12.8 Å². The number of rotatable bonds is 4. The molecule has 1 aromatic heterocycles. The summed E-state index contributed by atoms with van der Waals surface area (Å²) in [5.74, 6) is -1.60. The molecule has 3 aliphatic heterocycles. The molecule has 2 fully saturated rings. The molecule has 1 amide bonds. The second-order valence-corrected chi connectivity index (χ2v) is 11.6. The lowest BCUT2D eigenvalue weighted by Crippen LogP contribution is -2.57. The number of carbonyl (C=O) groups is 2. The Labute approximate surface area is 237 Å². The first-order valence-corrected chi connectivity index (χ1v) is 14.2. The fourth-order valence-corrected chi connectivity index (χ4v) is 7.23. The molecule has 0 radical (unpaired) electrons. The van der Waals surface area contributed by atoms with Gasteiger partial charge in [-0.2, -0.15) is 0 Å². The van der Waals surface area contributed by atoms with E-state index in [4.69, 9.17) is 9.47 Å². The van der Waals surface area contributed by atoms with Gasteiger partial charge >= 0.3 is 6.16 Å². The molecule has 1 N–H and O–H groups in total. The van der Waals surface area contributed by atoms with Crippen LogP contribution in [0.25, 0.3) is 11.3 Å². The molecule has 2 unspecified atom stereocenters. The predicted octanol–water partition coefficient (Wildman–Crippen LogP) is 4.47. The Morgan fingerprint density at radius 3 is 2.78 bits per heavy atom. The number of pyridine rings is 1. The first-order chi connectivity index (χ1) is 19.8. The monoisotopic (exact) mass is 581 g/mol. The number of ether oxygens (including phenoxy) is 3. The second-order valence-electron chi connectivity index (χ2n) is 10.6. The number of piperidine rings is 1. The topological polar surface area (TPSA) is 99.1 Å². The molecule has 12 heteroatoms. The van der Waals surface area contributed by atoms with Crippen LogP contribution in [-0.2, 0) is 21.6 Å². The summed E-state index contributed by atoms with van der Waals surface area (Å²) in [6.45, 7) is -0.128. The number of nitrogens with zero attached hydrogens (tertiary/aromatic N) is 2. The lowest BCUT2D eigenvalue weighted by Gasteiger charge is -2.42. The van der Waals surface area contributed by atoms with E-state index in [2.05, 4.69) is 10.2 Å². The van der Waals surface area contributed by atoms with Crippen molar-refractivity contribution >= 4 is 23.8 Å². The van der Waals surface area contributed by atoms with Crippen LogP contribution in [0.5, 0.6) is 5.75 Å². The molecule has 9 nitrogen and oxygen atoms in total. The van der Waals surface area contributed by atoms with Crippen molar-refractivity contribution in [3.8, 4) is 17.0 Å². The number of thioether (sulfide) groups is 1. The van der Waals surface area contributed by atoms with E-state index < -0.39 is 35.9 Å². The highest BCUT2D eigenvalue weighted by Gasteiger charge is 2.50. The molecule has 7 rings (SSSR count). The molecule has 1 aliphatic carbocycles. The number of hydrogen-bond donors (Lipinski definition) is 1. The largest absolute Gasteiger partial charge is 0.510 e. The summed E-state index contributed by atoms with van der Waals surface area (Å²) in [5.41, 5.74) is 4.83. The van der Waals surface area contributed by atoms with Gasteiger partial charge in [-0.15, -0.1) is 11.8 Å². The molecular weight excluding hydrogens is 556 g/mol. The summed E-state index contributed by atoms with van der Waals surface area (Å²) >= 11 is 1.42. The number of methoxy groups -OCH3 is 1. The molecule has 0 bridgehead atoms. The molecule has 212 valence electrons. The average molecular weight is 582 g/mol. The molecule has 4 heterocycles. The molecular formula is C29H25F2N3O6S. The third kappa shape index (κ3) is 4.32. The minimum Gasteiger partial charge on any atom is -0.451 e. The maximum atomic E-state index is 15.2. The lowest BCUT2D eigenvalue weighted by molar-refractivity contribution is 0.0133. The maximum absolute atomic E-state index is 15.2. The first-order valence-electron chi connectivity index (χ1n) is 13.3. The highest BCUT2D eigenvalue weighted by Crippen LogP contribution is 2.48. The van der Waals surface area contributed by atoms with Gasteiger partial charge in [0.25, 0.3) is 5.91 Å². The van der Waals surface area contributed by atoms with Crippen LogP contribution in [0.3, 0.4) is 0 Å². The van der Waals surface area contributed by atoms with Crippen LogP contribution in [0.4, 0.5) is 13.6 Å². The Bertz CT molecular complexity index is 1680. The summed E-state index contributed by atoms with van der Waals surface area (Å²) in [5, 5.41) is 0. The fraction of sp³-hybridized carbons (Fsp3) is 0.345. The van der Waals surface area contributed by atoms with Crippen molar-refractivity contribution in [1.29, 1.82) is 0 Å². The van der Waals surface area contributed by atoms with Gasteiger partial charge in [-0.3, -0.25) is 9.59 Å². The van der Waals surface area contributed by atoms with Gasteiger partial charge in [0, 0.05) is 34.4 Å². The number of hydrogen-bond acceptors (Lipinski definition) is 8. The van der Waals surface area contributed by atoms with Crippen molar-refractivity contribution < 1.29 is 32.6 Å². The number of nitrogens with one attached hydrogen (secondary N) is 1. The predicted molar refractivity (Wildman–Crippen MR) is 144 cm³/mol. The van der Waals surface area contributed by atoms with Crippen molar-refractivity contribution in [2.24, 2.45) is 11.8 Å². The van der Waals surface area contributed by atoms with E-state index in [0.29, 0.717) is 35.9 Å². The van der Waals surface area contributed by atoms with E-state index in [9.17, 15) is 14.4 Å². The molecule has 3 aromatic rings. The summed E-state index contributed by atoms with van der Waals surface area (Å²) in [7, 11) is 1.13. The van der Waals surface area contributed by atoms with E-state index in [1.54, 1.807) is 4.90 Å². The third-order valence-electron chi connectivity index (χ3n) is 8.28. The molecule has 41 heavy (non-hydrogen) atoms. The zero-order valence-corrected chi connectivity index (χ0v) is 22.8. The highest BCUT2D eigenvalue weighted by atomic mass is 32.2. The van der Waals surface area contributed by atoms with Crippen LogP contribution >= 0.6 is 11.8 Å². The summed E-state index contributed by atoms with van der Waals surface area (Å²) in [4.78, 5) is 41.5. The van der Waals surface area contributed by atoms with Crippen molar-refractivity contribution in [2.75, 3.05) is 25.9 Å². The maximum Gasteiger partial charge on any atom is 0.510 e. The number of fused-ring (bicyclic) bond motifs is 5. The van der Waals surface area contributed by atoms with Crippen LogP contribution < -0.4 is 15.6 Å². The molecule has 3 atom stereocenters. The average Bonchev–Trinajstić information content (AvgIpc) is 3.76. The molecule has 0 spiro atoms. The minimum atomic E-state index is -1.04. The van der Waals surface area contributed by atoms with Crippen LogP contribution in [0.1, 0.15) is 40.0 Å². The van der Waals surface area contributed by atoms with E-state index >= 15 is 8.78 Å². The summed E-state index contributed by atoms with van der Waals surface area (Å²) < 4.78 is 46.6. The molecule has 1 saturated heterocycles. The van der Waals surface area contributed by atoms with Gasteiger partial charge in [-0.05, 0) is 54.4 Å². The van der Waals surface area contributed by atoms with Crippen LogP contribution in [0.2, 0.25) is 0 Å². The Hall–Kier alpha value is -4.06. The highest BCUT2D eigenvalue weighted by molar-refractivity contribution is 7.98. The van der Waals surface area contributed by atoms with Gasteiger partial charge in [0.1, 0.15) is 6.17 Å². The van der Waals surface area contributed by atoms with Crippen molar-refractivity contribution in [3.05, 3.63) is 80.6 Å². The Morgan fingerprint density at radius 1 is 1.12 bits per heavy atom. The Balaban J connectivity index is 1.41. The molecule has 2 aromatic carbocycles. The standard InChI is InChI=1S/C29H25F2N3O6S/c1-38-29(37)40-13-39-27-22(35)10-21(34-26(27)28(36)33-11-16-6-15(16)8-24(33)32-34)18-9-20(30)25(31)19-12-41-23-5-3-2-4-14(23)7-17(18)19/h2-5,9-10,15-16,24,32H,6-8,11-13H2,1H3/t15?,16?,24-/m0/s1. The number of halogens is 2. The summed E-state index contributed by atoms with van der Waals surface area (Å²) in [6.07, 6.45) is 0.695. The van der Waals surface area contributed by atoms with Crippen molar-refractivity contribution in [1.82, 2.24) is 9.58 Å². The van der Waals surface area contributed by atoms with E-state index in [0.717, 1.165) is 36.5 Å². The van der Waals surface area contributed by atoms with Gasteiger partial charge in [-0.1, -0.05) is 18.2 Å². The molecule has 4 aliphatic rings. The lowest BCUT2D eigenvalue weighted by atomic mass is 9.92. The minimum absolute atomic E-state index is 0.0989. The van der Waals surface area contributed by atoms with Crippen LogP contribution in [0.15, 0.2) is 46.1 Å². The molecule has 1 saturated carbocycles. The first kappa shape index (κ1) is 25.9. The number of benzene rings is 2. The van der Waals surface area contributed by atoms with Crippen LogP contribution in [-0.4, -0.2) is 48.3 Å². The zero-order chi connectivity index (χ0) is 28.4. The van der Waals surface area contributed by atoms with Gasteiger partial charge in [0.15, 0.2) is 17.3 Å². The Morgan fingerprint density at radius 2 is 1.95 bits per heavy atom. The van der Waals surface area contributed by atoms with E-state index in [-0.39, 0.29) is 34.6 Å². The Kier molecular flexibility index (Phi) is 6.18. The SMILES string of the molecule is COC(=O)OCOc1c2n(c(-c3cc(F)c(F)c4c3Cc3ccccc3SC4)cc1=O)N[C@@H]1CC3CC3CN1C2=O.